The Morgan fingerprint density at radius 2 is 1.62 bits per heavy atom. The fourth-order valence-corrected chi connectivity index (χ4v) is 0.828. The molecule has 4 N–H and O–H groups in total. The zero-order valence-corrected chi connectivity index (χ0v) is 7.20. The number of halogens is 3. The van der Waals surface area contributed by atoms with E-state index in [-0.39, 0.29) is 18.1 Å². The second-order valence-electron chi connectivity index (χ2n) is 2.22. The first kappa shape index (κ1) is 11.6. The summed E-state index contributed by atoms with van der Waals surface area (Å²) in [4.78, 5) is 10.5. The molecule has 1 rings (SSSR count). The fourth-order valence-electron chi connectivity index (χ4n) is 0.828. The van der Waals surface area contributed by atoms with Gasteiger partial charge in [0.25, 0.3) is 5.91 Å². The third-order valence-electron chi connectivity index (χ3n) is 1.31. The van der Waals surface area contributed by atoms with Gasteiger partial charge in [-0.3, -0.25) is 4.79 Å². The second-order valence-corrected chi connectivity index (χ2v) is 2.22. The smallest absolute Gasteiger partial charge is 0.254 e. The molecule has 0 atom stereocenters. The van der Waals surface area contributed by atoms with E-state index in [4.69, 9.17) is 11.5 Å². The molecule has 0 aliphatic carbocycles. The number of carbonyl (C=O) groups is 1. The molecule has 1 aromatic rings. The van der Waals surface area contributed by atoms with Gasteiger partial charge in [0.2, 0.25) is 0 Å². The fraction of sp³-hybridized carbons (Fsp3) is 0. The van der Waals surface area contributed by atoms with E-state index in [0.29, 0.717) is 0 Å². The maximum Gasteiger partial charge on any atom is 0.254 e. The van der Waals surface area contributed by atoms with E-state index in [1.165, 1.54) is 0 Å². The van der Waals surface area contributed by atoms with Crippen LogP contribution in [-0.2, 0) is 0 Å². The van der Waals surface area contributed by atoms with Gasteiger partial charge in [-0.05, 0) is 12.1 Å². The van der Waals surface area contributed by atoms with Crippen LogP contribution in [0.2, 0.25) is 0 Å². The van der Waals surface area contributed by atoms with Gasteiger partial charge >= 0.3 is 0 Å². The third kappa shape index (κ3) is 2.29. The standard InChI is InChI=1S/C7H6F2N2O.ClH/c8-4-1-3(10)2-5(9)6(4)7(11)12;/h1-2H,10H2,(H2,11,12);1H. The monoisotopic (exact) mass is 208 g/mol. The Kier molecular flexibility index (Phi) is 3.62. The molecule has 0 unspecified atom stereocenters. The number of hydrogen-bond donors (Lipinski definition) is 2. The number of rotatable bonds is 1. The number of nitrogens with two attached hydrogens (primary N) is 2. The highest BCUT2D eigenvalue weighted by Gasteiger charge is 2.14. The Hall–Kier alpha value is -1.36. The van der Waals surface area contributed by atoms with Gasteiger partial charge in [-0.15, -0.1) is 12.4 Å². The molecular formula is C7H7ClF2N2O. The first-order valence-electron chi connectivity index (χ1n) is 3.06. The first-order chi connectivity index (χ1) is 5.52. The quantitative estimate of drug-likeness (QED) is 0.678. The maximum atomic E-state index is 12.7. The van der Waals surface area contributed by atoms with Crippen molar-refractivity contribution in [3.05, 3.63) is 29.3 Å². The molecule has 0 fully saturated rings. The summed E-state index contributed by atoms with van der Waals surface area (Å²) in [5.74, 6) is -3.23. The van der Waals surface area contributed by atoms with Crippen LogP contribution in [0.3, 0.4) is 0 Å². The number of amides is 1. The average Bonchev–Trinajstić information content (AvgIpc) is 1.82. The second kappa shape index (κ2) is 4.04. The minimum Gasteiger partial charge on any atom is -0.399 e. The van der Waals surface area contributed by atoms with Gasteiger partial charge in [-0.2, -0.15) is 0 Å². The topological polar surface area (TPSA) is 69.1 Å². The van der Waals surface area contributed by atoms with Gasteiger partial charge in [-0.25, -0.2) is 8.78 Å². The van der Waals surface area contributed by atoms with Crippen LogP contribution in [0, 0.1) is 11.6 Å². The van der Waals surface area contributed by atoms with Crippen molar-refractivity contribution in [1.29, 1.82) is 0 Å². The highest BCUT2D eigenvalue weighted by Crippen LogP contribution is 2.15. The number of carbonyl (C=O) groups excluding carboxylic acids is 1. The summed E-state index contributed by atoms with van der Waals surface area (Å²) >= 11 is 0. The SMILES string of the molecule is Cl.NC(=O)c1c(F)cc(N)cc1F. The van der Waals surface area contributed by atoms with Crippen LogP contribution >= 0.6 is 12.4 Å². The van der Waals surface area contributed by atoms with E-state index < -0.39 is 23.1 Å². The maximum absolute atomic E-state index is 12.7. The Bertz CT molecular complexity index is 320. The Morgan fingerprint density at radius 3 is 1.92 bits per heavy atom. The molecule has 0 aliphatic rings. The lowest BCUT2D eigenvalue weighted by Crippen LogP contribution is -2.15. The van der Waals surface area contributed by atoms with Crippen molar-refractivity contribution in [2.45, 2.75) is 0 Å². The van der Waals surface area contributed by atoms with Crippen LogP contribution in [0.15, 0.2) is 12.1 Å². The van der Waals surface area contributed by atoms with Crippen LogP contribution in [0.5, 0.6) is 0 Å². The largest absolute Gasteiger partial charge is 0.399 e. The van der Waals surface area contributed by atoms with E-state index in [1.807, 2.05) is 0 Å². The lowest BCUT2D eigenvalue weighted by molar-refractivity contribution is 0.0992. The van der Waals surface area contributed by atoms with Crippen molar-refractivity contribution in [3.8, 4) is 0 Å². The predicted molar refractivity (Wildman–Crippen MR) is 46.5 cm³/mol. The molecule has 13 heavy (non-hydrogen) atoms. The van der Waals surface area contributed by atoms with Crippen molar-refractivity contribution < 1.29 is 13.6 Å². The molecule has 3 nitrogen and oxygen atoms in total. The number of nitrogen functional groups attached to an aromatic ring is 1. The molecule has 1 aromatic carbocycles. The van der Waals surface area contributed by atoms with E-state index >= 15 is 0 Å². The summed E-state index contributed by atoms with van der Waals surface area (Å²) in [6.07, 6.45) is 0. The molecule has 0 radical (unpaired) electrons. The molecule has 0 bridgehead atoms. The minimum absolute atomic E-state index is 0. The molecule has 0 aliphatic heterocycles. The van der Waals surface area contributed by atoms with Crippen molar-refractivity contribution in [1.82, 2.24) is 0 Å². The van der Waals surface area contributed by atoms with Crippen LogP contribution in [0.25, 0.3) is 0 Å². The van der Waals surface area contributed by atoms with E-state index in [9.17, 15) is 13.6 Å². The van der Waals surface area contributed by atoms with Gasteiger partial charge < -0.3 is 11.5 Å². The van der Waals surface area contributed by atoms with Crippen LogP contribution in [0.4, 0.5) is 14.5 Å². The van der Waals surface area contributed by atoms with Gasteiger partial charge in [0.05, 0.1) is 0 Å². The van der Waals surface area contributed by atoms with E-state index in [1.54, 1.807) is 0 Å². The van der Waals surface area contributed by atoms with Crippen LogP contribution in [-0.4, -0.2) is 5.91 Å². The molecule has 0 heterocycles. The lowest BCUT2D eigenvalue weighted by atomic mass is 10.1. The molecule has 72 valence electrons. The molecule has 0 aromatic heterocycles. The van der Waals surface area contributed by atoms with Gasteiger partial charge in [-0.1, -0.05) is 0 Å². The summed E-state index contributed by atoms with van der Waals surface area (Å²) < 4.78 is 25.5. The highest BCUT2D eigenvalue weighted by molar-refractivity contribution is 5.93. The van der Waals surface area contributed by atoms with Crippen molar-refractivity contribution >= 4 is 24.0 Å². The lowest BCUT2D eigenvalue weighted by Gasteiger charge is -2.00. The van der Waals surface area contributed by atoms with Crippen molar-refractivity contribution in [2.24, 2.45) is 5.73 Å². The van der Waals surface area contributed by atoms with Crippen molar-refractivity contribution in [3.63, 3.8) is 0 Å². The number of primary amides is 1. The van der Waals surface area contributed by atoms with E-state index in [2.05, 4.69) is 0 Å². The minimum atomic E-state index is -1.15. The molecule has 6 heteroatoms. The Morgan fingerprint density at radius 1 is 1.23 bits per heavy atom. The molecule has 0 saturated heterocycles. The van der Waals surface area contributed by atoms with Crippen LogP contribution < -0.4 is 11.5 Å². The number of anilines is 1. The first-order valence-corrected chi connectivity index (χ1v) is 3.06. The molecule has 0 saturated carbocycles. The van der Waals surface area contributed by atoms with Gasteiger partial charge in [0.15, 0.2) is 0 Å². The van der Waals surface area contributed by atoms with Crippen LogP contribution in [0.1, 0.15) is 10.4 Å². The zero-order valence-electron chi connectivity index (χ0n) is 6.38. The Balaban J connectivity index is 0.00000144. The predicted octanol–water partition coefficient (Wildman–Crippen LogP) is 1.07. The highest BCUT2D eigenvalue weighted by atomic mass is 35.5. The van der Waals surface area contributed by atoms with Gasteiger partial charge in [0, 0.05) is 5.69 Å². The number of benzene rings is 1. The average molecular weight is 209 g/mol. The van der Waals surface area contributed by atoms with Gasteiger partial charge in [0.1, 0.15) is 17.2 Å². The molecular weight excluding hydrogens is 202 g/mol. The summed E-state index contributed by atoms with van der Waals surface area (Å²) in [6, 6.07) is 1.67. The zero-order chi connectivity index (χ0) is 9.30. The normalized spacial score (nSPS) is 9.08. The Labute approximate surface area is 79.1 Å². The summed E-state index contributed by atoms with van der Waals surface area (Å²) in [7, 11) is 0. The summed E-state index contributed by atoms with van der Waals surface area (Å²) in [6.45, 7) is 0. The van der Waals surface area contributed by atoms with Crippen molar-refractivity contribution in [2.75, 3.05) is 5.73 Å². The number of hydrogen-bond acceptors (Lipinski definition) is 2. The third-order valence-corrected chi connectivity index (χ3v) is 1.31. The van der Waals surface area contributed by atoms with E-state index in [0.717, 1.165) is 12.1 Å². The summed E-state index contributed by atoms with van der Waals surface area (Å²) in [5, 5.41) is 0. The summed E-state index contributed by atoms with van der Waals surface area (Å²) in [5.41, 5.74) is 8.95. The molecule has 1 amide bonds. The molecule has 0 spiro atoms.